The van der Waals surface area contributed by atoms with Crippen molar-refractivity contribution >= 4 is 16.1 Å². The number of urea groups is 1. The van der Waals surface area contributed by atoms with Crippen LogP contribution in [0.4, 0.5) is 4.79 Å². The predicted molar refractivity (Wildman–Crippen MR) is 70.6 cm³/mol. The second-order valence-corrected chi connectivity index (χ2v) is 6.60. The van der Waals surface area contributed by atoms with Crippen molar-refractivity contribution in [3.63, 3.8) is 0 Å². The van der Waals surface area contributed by atoms with Gasteiger partial charge in [0, 0.05) is 6.54 Å². The molecule has 100 valence electrons. The first-order chi connectivity index (χ1) is 8.31. The normalized spacial score (nSPS) is 11.3. The second-order valence-electron chi connectivity index (χ2n) is 4.36. The Morgan fingerprint density at radius 1 is 1.22 bits per heavy atom. The zero-order valence-electron chi connectivity index (χ0n) is 10.7. The number of hydrogen-bond acceptors (Lipinski definition) is 3. The van der Waals surface area contributed by atoms with Crippen LogP contribution < -0.4 is 10.0 Å². The summed E-state index contributed by atoms with van der Waals surface area (Å²) < 4.78 is 24.8. The van der Waals surface area contributed by atoms with Gasteiger partial charge in [-0.1, -0.05) is 29.8 Å². The third kappa shape index (κ3) is 4.37. The number of benzene rings is 1. The Balaban J connectivity index is 2.50. The van der Waals surface area contributed by atoms with E-state index in [0.29, 0.717) is 6.54 Å². The Bertz CT molecular complexity index is 507. The van der Waals surface area contributed by atoms with Crippen molar-refractivity contribution in [1.82, 2.24) is 10.0 Å². The summed E-state index contributed by atoms with van der Waals surface area (Å²) in [4.78, 5) is 11.4. The molecule has 0 aliphatic heterocycles. The second kappa shape index (κ2) is 5.86. The Morgan fingerprint density at radius 3 is 2.28 bits per heavy atom. The zero-order chi connectivity index (χ0) is 13.8. The molecule has 0 heterocycles. The van der Waals surface area contributed by atoms with Crippen molar-refractivity contribution in [2.45, 2.75) is 32.6 Å². The Labute approximate surface area is 108 Å². The minimum absolute atomic E-state index is 0.291. The number of carbonyl (C=O) groups is 1. The molecule has 2 N–H and O–H groups in total. The highest BCUT2D eigenvalue weighted by Gasteiger charge is 2.18. The fourth-order valence-corrected chi connectivity index (χ4v) is 1.74. The summed E-state index contributed by atoms with van der Waals surface area (Å²) in [6.45, 7) is 5.28. The van der Waals surface area contributed by atoms with E-state index in [0.717, 1.165) is 11.1 Å². The Hall–Kier alpha value is -1.56. The van der Waals surface area contributed by atoms with Crippen LogP contribution in [0, 0.1) is 6.92 Å². The van der Waals surface area contributed by atoms with Gasteiger partial charge in [0.05, 0.1) is 5.25 Å². The van der Waals surface area contributed by atoms with Crippen LogP contribution in [-0.4, -0.2) is 19.7 Å². The van der Waals surface area contributed by atoms with Gasteiger partial charge in [-0.2, -0.15) is 0 Å². The fourth-order valence-electron chi connectivity index (χ4n) is 1.17. The summed E-state index contributed by atoms with van der Waals surface area (Å²) in [7, 11) is -3.57. The van der Waals surface area contributed by atoms with Gasteiger partial charge in [-0.15, -0.1) is 0 Å². The molecule has 0 aliphatic carbocycles. The summed E-state index contributed by atoms with van der Waals surface area (Å²) >= 11 is 0. The average molecular weight is 270 g/mol. The molecular weight excluding hydrogens is 252 g/mol. The van der Waals surface area contributed by atoms with Crippen LogP contribution in [0.2, 0.25) is 0 Å². The first-order valence-corrected chi connectivity index (χ1v) is 7.21. The molecule has 0 spiro atoms. The molecule has 0 atom stereocenters. The molecule has 2 amide bonds. The van der Waals surface area contributed by atoms with Crippen LogP contribution >= 0.6 is 0 Å². The summed E-state index contributed by atoms with van der Waals surface area (Å²) in [5, 5.41) is 1.86. The lowest BCUT2D eigenvalue weighted by Crippen LogP contribution is -2.42. The smallest absolute Gasteiger partial charge is 0.328 e. The lowest BCUT2D eigenvalue weighted by molar-refractivity contribution is 0.245. The monoisotopic (exact) mass is 270 g/mol. The number of sulfonamides is 1. The molecule has 0 aliphatic rings. The highest BCUT2D eigenvalue weighted by atomic mass is 32.2. The van der Waals surface area contributed by atoms with E-state index in [1.807, 2.05) is 35.9 Å². The SMILES string of the molecule is Cc1ccc(CNC(=O)NS(=O)(=O)C(C)C)cc1. The first kappa shape index (κ1) is 14.5. The van der Waals surface area contributed by atoms with Gasteiger partial charge < -0.3 is 5.32 Å². The van der Waals surface area contributed by atoms with Crippen LogP contribution in [0.3, 0.4) is 0 Å². The van der Waals surface area contributed by atoms with E-state index in [-0.39, 0.29) is 0 Å². The van der Waals surface area contributed by atoms with E-state index in [4.69, 9.17) is 0 Å². The number of nitrogens with one attached hydrogen (secondary N) is 2. The van der Waals surface area contributed by atoms with Crippen molar-refractivity contribution in [2.24, 2.45) is 0 Å². The van der Waals surface area contributed by atoms with E-state index in [1.54, 1.807) is 0 Å². The van der Waals surface area contributed by atoms with Crippen LogP contribution in [0.1, 0.15) is 25.0 Å². The molecule has 1 rings (SSSR count). The third-order valence-corrected chi connectivity index (χ3v) is 4.14. The van der Waals surface area contributed by atoms with Crippen LogP contribution in [-0.2, 0) is 16.6 Å². The number of hydrogen-bond donors (Lipinski definition) is 2. The summed E-state index contributed by atoms with van der Waals surface area (Å²) in [5.41, 5.74) is 2.04. The molecule has 5 nitrogen and oxygen atoms in total. The minimum Gasteiger partial charge on any atom is -0.333 e. The number of amides is 2. The summed E-state index contributed by atoms with van der Waals surface area (Å²) in [6.07, 6.45) is 0. The molecule has 0 bridgehead atoms. The van der Waals surface area contributed by atoms with E-state index in [9.17, 15) is 13.2 Å². The maximum atomic E-state index is 11.4. The van der Waals surface area contributed by atoms with Gasteiger partial charge in [0.15, 0.2) is 0 Å². The lowest BCUT2D eigenvalue weighted by atomic mass is 10.1. The van der Waals surface area contributed by atoms with Crippen LogP contribution in [0.25, 0.3) is 0 Å². The van der Waals surface area contributed by atoms with Crippen molar-refractivity contribution in [3.8, 4) is 0 Å². The molecular formula is C12H18N2O3S. The highest BCUT2D eigenvalue weighted by molar-refractivity contribution is 7.90. The number of aryl methyl sites for hydroxylation is 1. The number of rotatable bonds is 4. The van der Waals surface area contributed by atoms with E-state index < -0.39 is 21.3 Å². The van der Waals surface area contributed by atoms with Crippen molar-refractivity contribution in [3.05, 3.63) is 35.4 Å². The fraction of sp³-hybridized carbons (Fsp3) is 0.417. The lowest BCUT2D eigenvalue weighted by Gasteiger charge is -2.10. The van der Waals surface area contributed by atoms with E-state index in [2.05, 4.69) is 5.32 Å². The Morgan fingerprint density at radius 2 is 1.78 bits per heavy atom. The highest BCUT2D eigenvalue weighted by Crippen LogP contribution is 2.02. The molecule has 0 aromatic heterocycles. The van der Waals surface area contributed by atoms with Gasteiger partial charge in [0.1, 0.15) is 0 Å². The molecule has 0 saturated carbocycles. The molecule has 18 heavy (non-hydrogen) atoms. The van der Waals surface area contributed by atoms with E-state index >= 15 is 0 Å². The molecule has 1 aromatic rings. The molecule has 0 saturated heterocycles. The largest absolute Gasteiger partial charge is 0.333 e. The Kier molecular flexibility index (Phi) is 4.72. The summed E-state index contributed by atoms with van der Waals surface area (Å²) in [6, 6.07) is 6.92. The quantitative estimate of drug-likeness (QED) is 0.871. The van der Waals surface area contributed by atoms with Crippen molar-refractivity contribution in [1.29, 1.82) is 0 Å². The van der Waals surface area contributed by atoms with Gasteiger partial charge in [0.25, 0.3) is 0 Å². The predicted octanol–water partition coefficient (Wildman–Crippen LogP) is 1.53. The topological polar surface area (TPSA) is 75.3 Å². The van der Waals surface area contributed by atoms with E-state index in [1.165, 1.54) is 13.8 Å². The first-order valence-electron chi connectivity index (χ1n) is 5.66. The van der Waals surface area contributed by atoms with Crippen molar-refractivity contribution < 1.29 is 13.2 Å². The minimum atomic E-state index is -3.57. The van der Waals surface area contributed by atoms with Crippen LogP contribution in [0.15, 0.2) is 24.3 Å². The van der Waals surface area contributed by atoms with Gasteiger partial charge in [-0.25, -0.2) is 17.9 Å². The zero-order valence-corrected chi connectivity index (χ0v) is 11.5. The molecule has 1 aromatic carbocycles. The maximum Gasteiger partial charge on any atom is 0.328 e. The standard InChI is InChI=1S/C12H18N2O3S/c1-9(2)18(16,17)14-12(15)13-8-11-6-4-10(3)5-7-11/h4-7,9H,8H2,1-3H3,(H2,13,14,15). The van der Waals surface area contributed by atoms with Crippen molar-refractivity contribution in [2.75, 3.05) is 0 Å². The molecule has 0 fully saturated rings. The number of carbonyl (C=O) groups excluding carboxylic acids is 1. The molecule has 6 heteroatoms. The maximum absolute atomic E-state index is 11.4. The van der Waals surface area contributed by atoms with Gasteiger partial charge in [-0.05, 0) is 26.3 Å². The summed E-state index contributed by atoms with van der Waals surface area (Å²) in [5.74, 6) is 0. The van der Waals surface area contributed by atoms with Gasteiger partial charge >= 0.3 is 6.03 Å². The van der Waals surface area contributed by atoms with Gasteiger partial charge in [0.2, 0.25) is 10.0 Å². The third-order valence-electron chi connectivity index (χ3n) is 2.43. The average Bonchev–Trinajstić information content (AvgIpc) is 2.27. The molecule has 0 unspecified atom stereocenters. The van der Waals surface area contributed by atoms with Gasteiger partial charge in [-0.3, -0.25) is 0 Å². The molecule has 0 radical (unpaired) electrons. The van der Waals surface area contributed by atoms with Crippen LogP contribution in [0.5, 0.6) is 0 Å².